The molecule has 0 radical (unpaired) electrons. The van der Waals surface area contributed by atoms with Crippen LogP contribution in [0.4, 0.5) is 5.69 Å². The summed E-state index contributed by atoms with van der Waals surface area (Å²) in [5, 5.41) is 3.53. The van der Waals surface area contributed by atoms with Crippen LogP contribution < -0.4 is 5.32 Å². The number of thiazole rings is 1. The highest BCUT2D eigenvalue weighted by Gasteiger charge is 2.15. The van der Waals surface area contributed by atoms with Gasteiger partial charge in [-0.05, 0) is 48.9 Å². The Bertz CT molecular complexity index is 577. The van der Waals surface area contributed by atoms with Crippen LogP contribution >= 0.6 is 22.9 Å². The van der Waals surface area contributed by atoms with Gasteiger partial charge in [-0.1, -0.05) is 17.7 Å². The van der Waals surface area contributed by atoms with E-state index in [1.54, 1.807) is 0 Å². The second-order valence-corrected chi connectivity index (χ2v) is 6.43. The van der Waals surface area contributed by atoms with Crippen molar-refractivity contribution in [3.05, 3.63) is 44.4 Å². The summed E-state index contributed by atoms with van der Waals surface area (Å²) in [6.07, 6.45) is 5.54. The number of rotatable bonds is 3. The van der Waals surface area contributed by atoms with Crippen molar-refractivity contribution < 1.29 is 0 Å². The second kappa shape index (κ2) is 4.90. The summed E-state index contributed by atoms with van der Waals surface area (Å²) >= 11 is 7.38. The molecule has 0 saturated carbocycles. The van der Waals surface area contributed by atoms with Crippen LogP contribution in [-0.2, 0) is 19.4 Å². The number of halogens is 1. The molecule has 1 aromatic heterocycles. The Labute approximate surface area is 116 Å². The molecule has 0 spiro atoms. The van der Waals surface area contributed by atoms with E-state index in [1.165, 1.54) is 57.9 Å². The number of aromatic nitrogens is 1. The van der Waals surface area contributed by atoms with E-state index < -0.39 is 0 Å². The maximum Gasteiger partial charge on any atom is 0.183 e. The lowest BCUT2D eigenvalue weighted by molar-refractivity contribution is 0.911. The minimum absolute atomic E-state index is 0.612. The molecule has 0 amide bonds. The van der Waals surface area contributed by atoms with E-state index in [1.807, 2.05) is 6.20 Å². The van der Waals surface area contributed by atoms with Crippen molar-refractivity contribution in [2.24, 2.45) is 0 Å². The molecule has 1 N–H and O–H groups in total. The molecule has 0 unspecified atom stereocenters. The number of nitrogens with zero attached hydrogens (tertiary/aromatic N) is 1. The van der Waals surface area contributed by atoms with Crippen LogP contribution in [-0.4, -0.2) is 4.98 Å². The number of fused-ring (bicyclic) bond motifs is 1. The molecule has 0 bridgehead atoms. The molecule has 1 heterocycles. The van der Waals surface area contributed by atoms with Crippen molar-refractivity contribution in [1.29, 1.82) is 0 Å². The Morgan fingerprint density at radius 2 is 2.28 bits per heavy atom. The maximum atomic E-state index is 5.84. The molecule has 18 heavy (non-hydrogen) atoms. The first-order chi connectivity index (χ1) is 8.72. The summed E-state index contributed by atoms with van der Waals surface area (Å²) in [4.78, 5) is 5.24. The van der Waals surface area contributed by atoms with Gasteiger partial charge < -0.3 is 5.32 Å². The van der Waals surface area contributed by atoms with Crippen LogP contribution in [0.3, 0.4) is 0 Å². The van der Waals surface area contributed by atoms with E-state index >= 15 is 0 Å². The Hall–Kier alpha value is -1.06. The fourth-order valence-electron chi connectivity index (χ4n) is 2.57. The second-order valence-electron chi connectivity index (χ2n) is 4.74. The van der Waals surface area contributed by atoms with Gasteiger partial charge >= 0.3 is 0 Å². The van der Waals surface area contributed by atoms with Gasteiger partial charge in [-0.2, -0.15) is 0 Å². The summed E-state index contributed by atoms with van der Waals surface area (Å²) in [7, 11) is 0. The topological polar surface area (TPSA) is 24.9 Å². The van der Waals surface area contributed by atoms with E-state index in [4.69, 9.17) is 11.6 Å². The van der Waals surface area contributed by atoms with Gasteiger partial charge in [0.15, 0.2) is 4.47 Å². The lowest BCUT2D eigenvalue weighted by atomic mass is 10.0. The van der Waals surface area contributed by atoms with E-state index in [9.17, 15) is 0 Å². The van der Waals surface area contributed by atoms with E-state index in [0.29, 0.717) is 4.47 Å². The van der Waals surface area contributed by atoms with Crippen molar-refractivity contribution in [3.8, 4) is 0 Å². The fourth-order valence-corrected chi connectivity index (χ4v) is 3.49. The zero-order valence-electron chi connectivity index (χ0n) is 10.3. The third-order valence-corrected chi connectivity index (χ3v) is 4.45. The van der Waals surface area contributed by atoms with Crippen LogP contribution in [0, 0.1) is 6.92 Å². The van der Waals surface area contributed by atoms with Gasteiger partial charge in [0.1, 0.15) is 0 Å². The highest BCUT2D eigenvalue weighted by Crippen LogP contribution is 2.31. The highest BCUT2D eigenvalue weighted by molar-refractivity contribution is 7.15. The van der Waals surface area contributed by atoms with Gasteiger partial charge in [-0.3, -0.25) is 0 Å². The van der Waals surface area contributed by atoms with E-state index in [2.05, 4.69) is 29.4 Å². The molecule has 94 valence electrons. The number of hydrogen-bond acceptors (Lipinski definition) is 3. The molecule has 1 aliphatic rings. The molecule has 4 heteroatoms. The van der Waals surface area contributed by atoms with Crippen molar-refractivity contribution >= 4 is 28.6 Å². The standard InChI is InChI=1S/C14H15ClN2S/c1-9-5-10-3-2-4-12(10)13(6-9)16-7-11-8-17-14(15)18-11/h5-6,8,16H,2-4,7H2,1H3. The van der Waals surface area contributed by atoms with Crippen LogP contribution in [0.2, 0.25) is 4.47 Å². The molecule has 3 rings (SSSR count). The third kappa shape index (κ3) is 2.38. The number of benzene rings is 1. The predicted molar refractivity (Wildman–Crippen MR) is 77.7 cm³/mol. The van der Waals surface area contributed by atoms with Gasteiger partial charge in [-0.25, -0.2) is 4.98 Å². The van der Waals surface area contributed by atoms with Gasteiger partial charge in [0.2, 0.25) is 0 Å². The summed E-state index contributed by atoms with van der Waals surface area (Å²) in [6, 6.07) is 4.56. The van der Waals surface area contributed by atoms with Gasteiger partial charge in [0, 0.05) is 16.8 Å². The van der Waals surface area contributed by atoms with Crippen molar-refractivity contribution in [2.45, 2.75) is 32.7 Å². The molecule has 0 fully saturated rings. The van der Waals surface area contributed by atoms with E-state index in [0.717, 1.165) is 6.54 Å². The molecule has 0 atom stereocenters. The molecule has 0 saturated heterocycles. The molecule has 2 nitrogen and oxygen atoms in total. The molecular formula is C14H15ClN2S. The lowest BCUT2D eigenvalue weighted by Crippen LogP contribution is -2.01. The molecule has 1 aliphatic carbocycles. The largest absolute Gasteiger partial charge is 0.380 e. The Balaban J connectivity index is 1.80. The summed E-state index contributed by atoms with van der Waals surface area (Å²) in [6.45, 7) is 2.97. The van der Waals surface area contributed by atoms with Crippen molar-refractivity contribution in [3.63, 3.8) is 0 Å². The predicted octanol–water partition coefficient (Wildman–Crippen LogP) is 4.21. The van der Waals surface area contributed by atoms with Crippen LogP contribution in [0.5, 0.6) is 0 Å². The SMILES string of the molecule is Cc1cc2c(c(NCc3cnc(Cl)s3)c1)CCC2. The number of nitrogens with one attached hydrogen (secondary N) is 1. The molecule has 1 aromatic carbocycles. The average molecular weight is 279 g/mol. The summed E-state index contributed by atoms with van der Waals surface area (Å²) in [5.41, 5.74) is 5.63. The number of anilines is 1. The Morgan fingerprint density at radius 3 is 3.06 bits per heavy atom. The smallest absolute Gasteiger partial charge is 0.183 e. The third-order valence-electron chi connectivity index (χ3n) is 3.34. The summed E-state index contributed by atoms with van der Waals surface area (Å²) < 4.78 is 0.612. The van der Waals surface area contributed by atoms with Gasteiger partial charge in [0.05, 0.1) is 6.54 Å². The van der Waals surface area contributed by atoms with Crippen molar-refractivity contribution in [1.82, 2.24) is 4.98 Å². The monoisotopic (exact) mass is 278 g/mol. The first-order valence-corrected chi connectivity index (χ1v) is 7.38. The van der Waals surface area contributed by atoms with Gasteiger partial charge in [-0.15, -0.1) is 11.3 Å². The zero-order chi connectivity index (χ0) is 12.5. The molecular weight excluding hydrogens is 264 g/mol. The quantitative estimate of drug-likeness (QED) is 0.910. The highest BCUT2D eigenvalue weighted by atomic mass is 35.5. The minimum Gasteiger partial charge on any atom is -0.380 e. The fraction of sp³-hybridized carbons (Fsp3) is 0.357. The minimum atomic E-state index is 0.612. The van der Waals surface area contributed by atoms with Crippen LogP contribution in [0.1, 0.15) is 28.0 Å². The molecule has 2 aromatic rings. The average Bonchev–Trinajstić information content (AvgIpc) is 2.94. The van der Waals surface area contributed by atoms with E-state index in [-0.39, 0.29) is 0 Å². The number of aryl methyl sites for hydroxylation is 2. The number of hydrogen-bond donors (Lipinski definition) is 1. The normalized spacial score (nSPS) is 13.7. The van der Waals surface area contributed by atoms with Crippen LogP contribution in [0.15, 0.2) is 18.3 Å². The van der Waals surface area contributed by atoms with Crippen molar-refractivity contribution in [2.75, 3.05) is 5.32 Å². The lowest BCUT2D eigenvalue weighted by Gasteiger charge is -2.12. The summed E-state index contributed by atoms with van der Waals surface area (Å²) in [5.74, 6) is 0. The van der Waals surface area contributed by atoms with Gasteiger partial charge in [0.25, 0.3) is 0 Å². The first-order valence-electron chi connectivity index (χ1n) is 6.19. The first kappa shape index (κ1) is 12.0. The Kier molecular flexibility index (Phi) is 3.27. The Morgan fingerprint density at radius 1 is 1.39 bits per heavy atom. The van der Waals surface area contributed by atoms with Crippen LogP contribution in [0.25, 0.3) is 0 Å². The molecule has 0 aliphatic heterocycles. The zero-order valence-corrected chi connectivity index (χ0v) is 11.9. The maximum absolute atomic E-state index is 5.84.